The van der Waals surface area contributed by atoms with Gasteiger partial charge in [-0.25, -0.2) is 4.98 Å². The van der Waals surface area contributed by atoms with Crippen molar-refractivity contribution in [2.45, 2.75) is 19.4 Å². The first-order chi connectivity index (χ1) is 12.4. The second-order valence-corrected chi connectivity index (χ2v) is 6.58. The van der Waals surface area contributed by atoms with Crippen LogP contribution < -0.4 is 10.1 Å². The van der Waals surface area contributed by atoms with Gasteiger partial charge in [0.25, 0.3) is 5.91 Å². The predicted molar refractivity (Wildman–Crippen MR) is 101 cm³/mol. The van der Waals surface area contributed by atoms with Crippen LogP contribution in [0.15, 0.2) is 41.0 Å². The molecule has 1 atom stereocenters. The molecule has 0 radical (unpaired) electrons. The van der Waals surface area contributed by atoms with E-state index in [9.17, 15) is 9.59 Å². The fraction of sp³-hybridized carbons (Fsp3) is 0.278. The highest BCUT2D eigenvalue weighted by Crippen LogP contribution is 2.24. The maximum atomic E-state index is 12.7. The number of carbonyl (C=O) groups is 2. The molecule has 1 unspecified atom stereocenters. The molecule has 0 fully saturated rings. The fourth-order valence-corrected chi connectivity index (χ4v) is 2.84. The van der Waals surface area contributed by atoms with Crippen molar-refractivity contribution in [2.24, 2.45) is 0 Å². The van der Waals surface area contributed by atoms with E-state index in [2.05, 4.69) is 26.2 Å². The third-order valence-electron chi connectivity index (χ3n) is 3.53. The average molecular weight is 442 g/mol. The lowest BCUT2D eigenvalue weighted by Gasteiger charge is -2.19. The summed E-state index contributed by atoms with van der Waals surface area (Å²) in [6.45, 7) is 1.99. The summed E-state index contributed by atoms with van der Waals surface area (Å²) in [6.07, 6.45) is 1.48. The molecule has 2 rings (SSSR count). The van der Waals surface area contributed by atoms with Crippen LogP contribution in [0.5, 0.6) is 5.75 Å². The van der Waals surface area contributed by atoms with Gasteiger partial charge in [0.2, 0.25) is 0 Å². The minimum Gasteiger partial charge on any atom is -0.497 e. The van der Waals surface area contributed by atoms with Gasteiger partial charge >= 0.3 is 5.97 Å². The van der Waals surface area contributed by atoms with E-state index in [0.29, 0.717) is 15.8 Å². The normalized spacial score (nSPS) is 11.5. The molecule has 2 aromatic rings. The van der Waals surface area contributed by atoms with Crippen molar-refractivity contribution in [3.05, 3.63) is 57.3 Å². The van der Waals surface area contributed by atoms with E-state index in [-0.39, 0.29) is 23.7 Å². The van der Waals surface area contributed by atoms with Gasteiger partial charge in [-0.3, -0.25) is 9.59 Å². The molecule has 138 valence electrons. The summed E-state index contributed by atoms with van der Waals surface area (Å²) in [5.41, 5.74) is 0.919. The highest BCUT2D eigenvalue weighted by molar-refractivity contribution is 9.10. The molecule has 0 bridgehead atoms. The van der Waals surface area contributed by atoms with Crippen molar-refractivity contribution >= 4 is 39.4 Å². The molecule has 0 aliphatic carbocycles. The number of benzene rings is 1. The number of nitrogens with one attached hydrogen (secondary N) is 1. The van der Waals surface area contributed by atoms with E-state index in [1.807, 2.05) is 0 Å². The van der Waals surface area contributed by atoms with E-state index >= 15 is 0 Å². The predicted octanol–water partition coefficient (Wildman–Crippen LogP) is 3.93. The van der Waals surface area contributed by atoms with Crippen LogP contribution in [0.3, 0.4) is 0 Å². The highest BCUT2D eigenvalue weighted by Gasteiger charge is 2.22. The number of rotatable bonds is 7. The first-order valence-corrected chi connectivity index (χ1v) is 9.03. The standard InChI is InChI=1S/C18H18BrClN2O4/c1-3-26-16(23)9-15(11-5-4-6-13(7-11)25-2)22-18(24)14-8-12(19)10-21-17(14)20/h4-8,10,15H,3,9H2,1-2H3,(H,22,24). The van der Waals surface area contributed by atoms with E-state index < -0.39 is 17.9 Å². The molecule has 1 N–H and O–H groups in total. The van der Waals surface area contributed by atoms with Crippen molar-refractivity contribution in [2.75, 3.05) is 13.7 Å². The lowest BCUT2D eigenvalue weighted by Crippen LogP contribution is -2.31. The van der Waals surface area contributed by atoms with Gasteiger partial charge in [-0.15, -0.1) is 0 Å². The molecule has 0 saturated carbocycles. The Labute approximate surface area is 165 Å². The van der Waals surface area contributed by atoms with Crippen LogP contribution in [-0.2, 0) is 9.53 Å². The lowest BCUT2D eigenvalue weighted by atomic mass is 10.0. The van der Waals surface area contributed by atoms with Gasteiger partial charge < -0.3 is 14.8 Å². The SMILES string of the molecule is CCOC(=O)CC(NC(=O)c1cc(Br)cnc1Cl)c1cccc(OC)c1. The number of carbonyl (C=O) groups excluding carboxylic acids is 2. The summed E-state index contributed by atoms with van der Waals surface area (Å²) >= 11 is 9.28. The van der Waals surface area contributed by atoms with Crippen LogP contribution in [-0.4, -0.2) is 30.6 Å². The number of pyridine rings is 1. The number of amides is 1. The summed E-state index contributed by atoms with van der Waals surface area (Å²) in [5.74, 6) is -0.243. The first kappa shape index (κ1) is 20.2. The summed E-state index contributed by atoms with van der Waals surface area (Å²) in [5, 5.41) is 2.89. The molecule has 1 heterocycles. The zero-order valence-corrected chi connectivity index (χ0v) is 16.6. The van der Waals surface area contributed by atoms with E-state index in [0.717, 1.165) is 0 Å². The van der Waals surface area contributed by atoms with Crippen molar-refractivity contribution in [1.82, 2.24) is 10.3 Å². The van der Waals surface area contributed by atoms with Crippen LogP contribution in [0.1, 0.15) is 35.3 Å². The number of methoxy groups -OCH3 is 1. The highest BCUT2D eigenvalue weighted by atomic mass is 79.9. The molecule has 1 aromatic carbocycles. The minimum absolute atomic E-state index is 0.0220. The molecule has 0 aliphatic heterocycles. The van der Waals surface area contributed by atoms with Gasteiger partial charge in [0.05, 0.1) is 31.7 Å². The second-order valence-electron chi connectivity index (χ2n) is 5.30. The lowest BCUT2D eigenvalue weighted by molar-refractivity contribution is -0.143. The number of aromatic nitrogens is 1. The Morgan fingerprint density at radius 1 is 1.35 bits per heavy atom. The zero-order valence-electron chi connectivity index (χ0n) is 14.3. The van der Waals surface area contributed by atoms with Crippen LogP contribution in [0, 0.1) is 0 Å². The smallest absolute Gasteiger partial charge is 0.308 e. The molecule has 0 saturated heterocycles. The molecule has 8 heteroatoms. The van der Waals surface area contributed by atoms with Crippen molar-refractivity contribution < 1.29 is 19.1 Å². The van der Waals surface area contributed by atoms with Crippen molar-refractivity contribution in [1.29, 1.82) is 0 Å². The van der Waals surface area contributed by atoms with Gasteiger partial charge in [0, 0.05) is 10.7 Å². The largest absolute Gasteiger partial charge is 0.497 e. The first-order valence-electron chi connectivity index (χ1n) is 7.86. The van der Waals surface area contributed by atoms with Crippen LogP contribution in [0.4, 0.5) is 0 Å². The molecule has 0 aliphatic rings. The van der Waals surface area contributed by atoms with Crippen LogP contribution in [0.2, 0.25) is 5.15 Å². The summed E-state index contributed by atoms with van der Waals surface area (Å²) in [6, 6.07) is 8.08. The monoisotopic (exact) mass is 440 g/mol. The van der Waals surface area contributed by atoms with E-state index in [1.54, 1.807) is 44.4 Å². The molecular weight excluding hydrogens is 424 g/mol. The van der Waals surface area contributed by atoms with Crippen LogP contribution >= 0.6 is 27.5 Å². The minimum atomic E-state index is -0.605. The Morgan fingerprint density at radius 2 is 2.12 bits per heavy atom. The maximum Gasteiger partial charge on any atom is 0.308 e. The molecule has 0 spiro atoms. The molecule has 26 heavy (non-hydrogen) atoms. The summed E-state index contributed by atoms with van der Waals surface area (Å²) in [4.78, 5) is 28.6. The number of esters is 1. The van der Waals surface area contributed by atoms with Gasteiger partial charge in [-0.2, -0.15) is 0 Å². The van der Waals surface area contributed by atoms with Gasteiger partial charge in [-0.1, -0.05) is 23.7 Å². The Morgan fingerprint density at radius 3 is 2.81 bits per heavy atom. The fourth-order valence-electron chi connectivity index (χ4n) is 2.31. The average Bonchev–Trinajstić information content (AvgIpc) is 2.63. The maximum absolute atomic E-state index is 12.7. The Kier molecular flexibility index (Phi) is 7.41. The third-order valence-corrected chi connectivity index (χ3v) is 4.26. The van der Waals surface area contributed by atoms with E-state index in [1.165, 1.54) is 6.20 Å². The Balaban J connectivity index is 2.29. The van der Waals surface area contributed by atoms with Gasteiger partial charge in [0.15, 0.2) is 0 Å². The third kappa shape index (κ3) is 5.44. The van der Waals surface area contributed by atoms with Crippen LogP contribution in [0.25, 0.3) is 0 Å². The number of halogens is 2. The molecule has 1 amide bonds. The Bertz CT molecular complexity index is 801. The second kappa shape index (κ2) is 9.54. The summed E-state index contributed by atoms with van der Waals surface area (Å²) < 4.78 is 10.8. The van der Waals surface area contributed by atoms with Gasteiger partial charge in [-0.05, 0) is 46.6 Å². The number of ether oxygens (including phenoxy) is 2. The molecular formula is C18H18BrClN2O4. The van der Waals surface area contributed by atoms with Gasteiger partial charge in [0.1, 0.15) is 10.9 Å². The zero-order chi connectivity index (χ0) is 19.1. The summed E-state index contributed by atoms with van der Waals surface area (Å²) in [7, 11) is 1.55. The van der Waals surface area contributed by atoms with E-state index in [4.69, 9.17) is 21.1 Å². The van der Waals surface area contributed by atoms with Crippen molar-refractivity contribution in [3.63, 3.8) is 0 Å². The number of nitrogens with zero attached hydrogens (tertiary/aromatic N) is 1. The number of hydrogen-bond acceptors (Lipinski definition) is 5. The topological polar surface area (TPSA) is 77.5 Å². The Hall–Kier alpha value is -2.12. The number of hydrogen-bond donors (Lipinski definition) is 1. The molecule has 1 aromatic heterocycles. The quantitative estimate of drug-likeness (QED) is 0.520. The molecule has 6 nitrogen and oxygen atoms in total. The van der Waals surface area contributed by atoms with Crippen molar-refractivity contribution in [3.8, 4) is 5.75 Å².